The van der Waals surface area contributed by atoms with Gasteiger partial charge in [0.2, 0.25) is 0 Å². The summed E-state index contributed by atoms with van der Waals surface area (Å²) in [5, 5.41) is 1.89. The molecule has 0 atom stereocenters. The molecular formula is C24H15BrO. The summed E-state index contributed by atoms with van der Waals surface area (Å²) in [4.78, 5) is 0. The molecule has 0 aliphatic carbocycles. The minimum absolute atomic E-state index is 0.159. The molecule has 0 saturated carbocycles. The Balaban J connectivity index is 1.91. The van der Waals surface area contributed by atoms with Crippen molar-refractivity contribution in [2.45, 2.75) is 0 Å². The fourth-order valence-electron chi connectivity index (χ4n) is 3.25. The van der Waals surface area contributed by atoms with Crippen molar-refractivity contribution in [2.24, 2.45) is 0 Å². The molecule has 0 bridgehead atoms. The molecule has 26 heavy (non-hydrogen) atoms. The molecule has 0 aliphatic rings. The van der Waals surface area contributed by atoms with Gasteiger partial charge in [-0.3, -0.25) is 0 Å². The van der Waals surface area contributed by atoms with Crippen molar-refractivity contribution < 1.29 is 11.3 Å². The molecule has 1 heterocycles. The number of hydrogen-bond donors (Lipinski definition) is 0. The highest BCUT2D eigenvalue weighted by molar-refractivity contribution is 9.10. The van der Waals surface area contributed by atoms with Crippen LogP contribution in [0, 0.1) is 0 Å². The number of halogens is 1. The van der Waals surface area contributed by atoms with Gasteiger partial charge in [-0.2, -0.15) is 0 Å². The first-order chi connectivity index (χ1) is 14.9. The summed E-state index contributed by atoms with van der Waals surface area (Å²) >= 11 is 3.47. The summed E-state index contributed by atoms with van der Waals surface area (Å²) in [6.07, 6.45) is 0. The van der Waals surface area contributed by atoms with Crippen LogP contribution in [0.2, 0.25) is 0 Å². The van der Waals surface area contributed by atoms with Crippen molar-refractivity contribution in [3.05, 3.63) is 95.3 Å². The highest BCUT2D eigenvalue weighted by atomic mass is 79.9. The van der Waals surface area contributed by atoms with Crippen LogP contribution < -0.4 is 0 Å². The number of hydrogen-bond acceptors (Lipinski definition) is 1. The second-order valence-electron chi connectivity index (χ2n) is 6.00. The van der Waals surface area contributed by atoms with Crippen LogP contribution in [-0.4, -0.2) is 0 Å². The van der Waals surface area contributed by atoms with Crippen LogP contribution in [0.15, 0.2) is 99.8 Å². The van der Waals surface area contributed by atoms with Gasteiger partial charge in [0.15, 0.2) is 0 Å². The zero-order valence-electron chi connectivity index (χ0n) is 18.6. The van der Waals surface area contributed by atoms with E-state index in [1.807, 2.05) is 54.6 Å². The van der Waals surface area contributed by atoms with Gasteiger partial charge < -0.3 is 4.42 Å². The second kappa shape index (κ2) is 6.15. The molecule has 0 radical (unpaired) electrons. The van der Waals surface area contributed by atoms with Crippen LogP contribution in [0.5, 0.6) is 0 Å². The third kappa shape index (κ3) is 2.54. The lowest BCUT2D eigenvalue weighted by Crippen LogP contribution is -1.84. The second-order valence-corrected chi connectivity index (χ2v) is 6.92. The van der Waals surface area contributed by atoms with Crippen LogP contribution in [0.4, 0.5) is 0 Å². The summed E-state index contributed by atoms with van der Waals surface area (Å²) in [6, 6.07) is 17.6. The average Bonchev–Trinajstić information content (AvgIpc) is 3.15. The minimum atomic E-state index is -0.406. The van der Waals surface area contributed by atoms with E-state index in [2.05, 4.69) is 15.9 Å². The Morgan fingerprint density at radius 1 is 0.731 bits per heavy atom. The molecule has 5 rings (SSSR count). The molecule has 0 spiro atoms. The average molecular weight is 404 g/mol. The highest BCUT2D eigenvalue weighted by Crippen LogP contribution is 2.40. The molecule has 4 aromatic carbocycles. The number of benzene rings is 4. The zero-order valence-corrected chi connectivity index (χ0v) is 15.1. The van der Waals surface area contributed by atoms with Crippen LogP contribution in [0.25, 0.3) is 44.2 Å². The van der Waals surface area contributed by atoms with Gasteiger partial charge in [-0.15, -0.1) is 0 Å². The minimum Gasteiger partial charge on any atom is -0.456 e. The van der Waals surface area contributed by atoms with Crippen LogP contribution in [0.3, 0.4) is 0 Å². The summed E-state index contributed by atoms with van der Waals surface area (Å²) in [5.74, 6) is 0. The lowest BCUT2D eigenvalue weighted by Gasteiger charge is -2.09. The van der Waals surface area contributed by atoms with E-state index in [1.165, 1.54) is 0 Å². The maximum absolute atomic E-state index is 8.38. The first-order valence-corrected chi connectivity index (χ1v) is 8.94. The predicted octanol–water partition coefficient (Wildman–Crippen LogP) is 7.68. The topological polar surface area (TPSA) is 13.1 Å². The lowest BCUT2D eigenvalue weighted by molar-refractivity contribution is 0.669. The molecule has 0 aliphatic heterocycles. The Labute approximate surface area is 167 Å². The maximum Gasteiger partial charge on any atom is 0.136 e. The Bertz CT molecular complexity index is 1460. The summed E-state index contributed by atoms with van der Waals surface area (Å²) in [7, 11) is 0. The van der Waals surface area contributed by atoms with Crippen molar-refractivity contribution in [3.8, 4) is 22.3 Å². The third-order valence-electron chi connectivity index (χ3n) is 4.42. The molecule has 0 unspecified atom stereocenters. The van der Waals surface area contributed by atoms with Gasteiger partial charge in [-0.25, -0.2) is 0 Å². The smallest absolute Gasteiger partial charge is 0.136 e. The summed E-state index contributed by atoms with van der Waals surface area (Å²) in [6.45, 7) is 0. The fraction of sp³-hybridized carbons (Fsp3) is 0. The van der Waals surface area contributed by atoms with Crippen molar-refractivity contribution in [2.75, 3.05) is 0 Å². The molecule has 5 aromatic rings. The van der Waals surface area contributed by atoms with Gasteiger partial charge in [0, 0.05) is 15.2 Å². The molecule has 0 amide bonds. The van der Waals surface area contributed by atoms with Gasteiger partial charge in [0.25, 0.3) is 0 Å². The monoisotopic (exact) mass is 403 g/mol. The summed E-state index contributed by atoms with van der Waals surface area (Å²) in [5.41, 5.74) is 3.82. The third-order valence-corrected chi connectivity index (χ3v) is 4.95. The molecule has 0 fully saturated rings. The van der Waals surface area contributed by atoms with Crippen LogP contribution >= 0.6 is 15.9 Å². The Morgan fingerprint density at radius 2 is 1.50 bits per heavy atom. The van der Waals surface area contributed by atoms with Crippen molar-refractivity contribution >= 4 is 37.9 Å². The van der Waals surface area contributed by atoms with Crippen LogP contribution in [0.1, 0.15) is 6.85 Å². The first-order valence-electron chi connectivity index (χ1n) is 10.7. The highest BCUT2D eigenvalue weighted by Gasteiger charge is 2.14. The van der Waals surface area contributed by atoms with E-state index in [0.717, 1.165) is 32.0 Å². The van der Waals surface area contributed by atoms with E-state index >= 15 is 0 Å². The van der Waals surface area contributed by atoms with E-state index in [9.17, 15) is 0 Å². The molecule has 0 N–H and O–H groups in total. The predicted molar refractivity (Wildman–Crippen MR) is 112 cm³/mol. The Kier molecular flexibility index (Phi) is 2.60. The van der Waals surface area contributed by atoms with Crippen molar-refractivity contribution in [1.82, 2.24) is 0 Å². The van der Waals surface area contributed by atoms with Crippen LogP contribution in [-0.2, 0) is 0 Å². The quantitative estimate of drug-likeness (QED) is 0.294. The van der Waals surface area contributed by atoms with Crippen molar-refractivity contribution in [3.63, 3.8) is 0 Å². The van der Waals surface area contributed by atoms with E-state index in [0.29, 0.717) is 11.1 Å². The molecule has 2 heteroatoms. The number of fused-ring (bicyclic) bond motifs is 3. The van der Waals surface area contributed by atoms with Crippen molar-refractivity contribution in [1.29, 1.82) is 0 Å². The van der Waals surface area contributed by atoms with Gasteiger partial charge >= 0.3 is 0 Å². The maximum atomic E-state index is 8.38. The molecular weight excluding hydrogens is 384 g/mol. The molecule has 1 nitrogen and oxygen atoms in total. The van der Waals surface area contributed by atoms with Gasteiger partial charge in [-0.05, 0) is 52.6 Å². The van der Waals surface area contributed by atoms with E-state index in [-0.39, 0.29) is 29.7 Å². The van der Waals surface area contributed by atoms with E-state index in [4.69, 9.17) is 11.3 Å². The first kappa shape index (κ1) is 11.0. The normalized spacial score (nSPS) is 14.0. The Hall–Kier alpha value is -2.84. The largest absolute Gasteiger partial charge is 0.456 e. The molecule has 0 saturated heterocycles. The number of rotatable bonds is 2. The van der Waals surface area contributed by atoms with Gasteiger partial charge in [0.1, 0.15) is 11.2 Å². The van der Waals surface area contributed by atoms with E-state index in [1.54, 1.807) is 6.07 Å². The van der Waals surface area contributed by atoms with Gasteiger partial charge in [0.05, 0.1) is 6.85 Å². The SMILES string of the molecule is [2H]c1c([2H])c([2H])c(-c2cc(-c3ccc(Br)cc3)c3c(c2)oc2ccccc23)c([2H])c1[2H]. The molecule has 124 valence electrons. The lowest BCUT2D eigenvalue weighted by atomic mass is 9.94. The van der Waals surface area contributed by atoms with Gasteiger partial charge in [-0.1, -0.05) is 76.5 Å². The Morgan fingerprint density at radius 3 is 2.31 bits per heavy atom. The number of furan rings is 1. The summed E-state index contributed by atoms with van der Waals surface area (Å²) < 4.78 is 47.8. The fourth-order valence-corrected chi connectivity index (χ4v) is 3.51. The van der Waals surface area contributed by atoms with E-state index < -0.39 is 6.04 Å². The number of para-hydroxylation sites is 1. The molecule has 1 aromatic heterocycles. The zero-order chi connectivity index (χ0) is 21.9. The standard InChI is InChI=1S/C24H15BrO/c25-19-12-10-17(11-13-19)21-14-18(16-6-2-1-3-7-16)15-23-24(21)20-8-4-5-9-22(20)26-23/h1-15H/i1D,2D,3D,6D,7D.